The van der Waals surface area contributed by atoms with E-state index in [0.717, 1.165) is 21.6 Å². The summed E-state index contributed by atoms with van der Waals surface area (Å²) in [6.07, 6.45) is 1.37. The number of nitriles is 1. The molecule has 3 N–H and O–H groups in total. The Morgan fingerprint density at radius 1 is 1.09 bits per heavy atom. The van der Waals surface area contributed by atoms with Gasteiger partial charge in [-0.05, 0) is 96.3 Å². The van der Waals surface area contributed by atoms with Crippen LogP contribution in [0.15, 0.2) is 76.2 Å². The average Bonchev–Trinajstić information content (AvgIpc) is 2.95. The lowest BCUT2D eigenvalue weighted by atomic mass is 9.80. The summed E-state index contributed by atoms with van der Waals surface area (Å²) in [6, 6.07) is 19.3. The number of carbonyl (C=O) groups is 2. The van der Waals surface area contributed by atoms with Crippen molar-refractivity contribution in [3.05, 3.63) is 99.1 Å². The zero-order chi connectivity index (χ0) is 31.5. The Bertz CT molecular complexity index is 1600. The van der Waals surface area contributed by atoms with Gasteiger partial charge in [-0.1, -0.05) is 58.5 Å². The molecule has 3 aromatic rings. The quantitative estimate of drug-likeness (QED) is 0.225. The highest BCUT2D eigenvalue weighted by Gasteiger charge is 2.44. The predicted molar refractivity (Wildman–Crippen MR) is 169 cm³/mol. The molecule has 1 heterocycles. The molecule has 0 bridgehead atoms. The summed E-state index contributed by atoms with van der Waals surface area (Å²) in [5.41, 5.74) is 3.07. The standard InChI is InChI=1S/C35H38N2O5S/c1-21(2)35(16-15-23-9-13-26(38)14-10-23)19-29(39)31(33(41)42-35)43-30-17-22(3)28(18-27(30)34(4,5)6)37-32(40)25-11-7-24(20-36)8-12-25/h7-14,17-18,21,38-39H,15-16,19H2,1-6H3,(H,37,40). The second-order valence-corrected chi connectivity index (χ2v) is 13.4. The minimum Gasteiger partial charge on any atom is -0.511 e. The number of nitrogens with zero attached hydrogens (tertiary/aromatic N) is 1. The van der Waals surface area contributed by atoms with Gasteiger partial charge in [0, 0.05) is 22.6 Å². The van der Waals surface area contributed by atoms with Crippen LogP contribution in [0.25, 0.3) is 0 Å². The normalized spacial score (nSPS) is 17.0. The molecule has 8 heteroatoms. The number of esters is 1. The number of aromatic hydroxyl groups is 1. The van der Waals surface area contributed by atoms with Gasteiger partial charge in [0.1, 0.15) is 22.0 Å². The van der Waals surface area contributed by atoms with Crippen LogP contribution < -0.4 is 5.32 Å². The molecule has 1 amide bonds. The van der Waals surface area contributed by atoms with Gasteiger partial charge in [-0.3, -0.25) is 4.79 Å². The first-order valence-electron chi connectivity index (χ1n) is 14.3. The minimum atomic E-state index is -0.856. The molecule has 0 saturated heterocycles. The first-order valence-corrected chi connectivity index (χ1v) is 15.1. The number of aliphatic hydroxyl groups is 1. The van der Waals surface area contributed by atoms with Gasteiger partial charge in [-0.15, -0.1) is 0 Å². The van der Waals surface area contributed by atoms with Gasteiger partial charge in [0.25, 0.3) is 5.91 Å². The van der Waals surface area contributed by atoms with Gasteiger partial charge in [0.05, 0.1) is 11.6 Å². The third-order valence-electron chi connectivity index (χ3n) is 7.91. The first kappa shape index (κ1) is 31.7. The maximum Gasteiger partial charge on any atom is 0.349 e. The van der Waals surface area contributed by atoms with Crippen molar-refractivity contribution in [2.75, 3.05) is 5.32 Å². The van der Waals surface area contributed by atoms with Crippen molar-refractivity contribution >= 4 is 29.3 Å². The number of phenolic OH excluding ortho intramolecular Hbond substituents is 1. The maximum atomic E-state index is 13.5. The van der Waals surface area contributed by atoms with Crippen LogP contribution in [0.4, 0.5) is 5.69 Å². The van der Waals surface area contributed by atoms with Gasteiger partial charge in [-0.2, -0.15) is 5.26 Å². The molecule has 0 aliphatic carbocycles. The van der Waals surface area contributed by atoms with Crippen molar-refractivity contribution in [3.8, 4) is 11.8 Å². The van der Waals surface area contributed by atoms with E-state index in [4.69, 9.17) is 10.00 Å². The van der Waals surface area contributed by atoms with Crippen molar-refractivity contribution in [1.82, 2.24) is 0 Å². The monoisotopic (exact) mass is 598 g/mol. The Kier molecular flexibility index (Phi) is 9.26. The van der Waals surface area contributed by atoms with Crippen LogP contribution in [0.1, 0.15) is 80.1 Å². The second kappa shape index (κ2) is 12.6. The number of phenols is 1. The summed E-state index contributed by atoms with van der Waals surface area (Å²) in [5.74, 6) is -0.671. The molecular formula is C35H38N2O5S. The lowest BCUT2D eigenvalue weighted by Crippen LogP contribution is -2.44. The summed E-state index contributed by atoms with van der Waals surface area (Å²) in [6.45, 7) is 12.0. The third-order valence-corrected chi connectivity index (χ3v) is 9.07. The van der Waals surface area contributed by atoms with Gasteiger partial charge >= 0.3 is 5.97 Å². The number of aliphatic hydroxyl groups excluding tert-OH is 1. The summed E-state index contributed by atoms with van der Waals surface area (Å²) in [7, 11) is 0. The van der Waals surface area contributed by atoms with Crippen molar-refractivity contribution < 1.29 is 24.5 Å². The number of benzene rings is 3. The van der Waals surface area contributed by atoms with Crippen LogP contribution in [-0.2, 0) is 21.4 Å². The molecular weight excluding hydrogens is 560 g/mol. The van der Waals surface area contributed by atoms with Crippen LogP contribution in [0.2, 0.25) is 0 Å². The van der Waals surface area contributed by atoms with E-state index in [9.17, 15) is 19.8 Å². The average molecular weight is 599 g/mol. The molecule has 43 heavy (non-hydrogen) atoms. The molecule has 0 radical (unpaired) electrons. The number of cyclic esters (lactones) is 1. The lowest BCUT2D eigenvalue weighted by molar-refractivity contribution is -0.164. The number of amides is 1. The van der Waals surface area contributed by atoms with Gasteiger partial charge in [0.2, 0.25) is 0 Å². The zero-order valence-corrected chi connectivity index (χ0v) is 26.3. The van der Waals surface area contributed by atoms with Crippen LogP contribution >= 0.6 is 11.8 Å². The molecule has 4 rings (SSSR count). The highest BCUT2D eigenvalue weighted by Crippen LogP contribution is 2.46. The van der Waals surface area contributed by atoms with E-state index in [-0.39, 0.29) is 40.1 Å². The van der Waals surface area contributed by atoms with Crippen molar-refractivity contribution in [3.63, 3.8) is 0 Å². The van der Waals surface area contributed by atoms with Crippen molar-refractivity contribution in [2.45, 2.75) is 76.7 Å². The molecule has 1 aliphatic heterocycles. The van der Waals surface area contributed by atoms with Crippen LogP contribution in [0.5, 0.6) is 5.75 Å². The summed E-state index contributed by atoms with van der Waals surface area (Å²) in [4.78, 5) is 27.4. The Morgan fingerprint density at radius 2 is 1.74 bits per heavy atom. The number of thioether (sulfide) groups is 1. The smallest absolute Gasteiger partial charge is 0.349 e. The van der Waals surface area contributed by atoms with Gasteiger partial charge < -0.3 is 20.3 Å². The summed E-state index contributed by atoms with van der Waals surface area (Å²) >= 11 is 1.19. The lowest BCUT2D eigenvalue weighted by Gasteiger charge is -2.40. The SMILES string of the molecule is Cc1cc(SC2=C(O)CC(CCc3ccc(O)cc3)(C(C)C)OC2=O)c(C(C)(C)C)cc1NC(=O)c1ccc(C#N)cc1. The predicted octanol–water partition coefficient (Wildman–Crippen LogP) is 7.96. The Labute approximate surface area is 257 Å². The van der Waals surface area contributed by atoms with E-state index in [1.807, 2.05) is 45.0 Å². The fourth-order valence-corrected chi connectivity index (χ4v) is 6.35. The van der Waals surface area contributed by atoms with E-state index < -0.39 is 11.6 Å². The highest BCUT2D eigenvalue weighted by atomic mass is 32.2. The van der Waals surface area contributed by atoms with Crippen molar-refractivity contribution in [2.24, 2.45) is 5.92 Å². The van der Waals surface area contributed by atoms with Crippen LogP contribution in [0, 0.1) is 24.2 Å². The van der Waals surface area contributed by atoms with E-state index >= 15 is 0 Å². The maximum absolute atomic E-state index is 13.5. The van der Waals surface area contributed by atoms with Crippen molar-refractivity contribution in [1.29, 1.82) is 5.26 Å². The molecule has 0 fully saturated rings. The number of hydrogen-bond donors (Lipinski definition) is 3. The fourth-order valence-electron chi connectivity index (χ4n) is 5.10. The minimum absolute atomic E-state index is 0.0105. The molecule has 224 valence electrons. The molecule has 0 saturated carbocycles. The molecule has 1 aliphatic rings. The number of carbonyl (C=O) groups excluding carboxylic acids is 2. The second-order valence-electron chi connectivity index (χ2n) is 12.4. The molecule has 7 nitrogen and oxygen atoms in total. The third kappa shape index (κ3) is 7.23. The van der Waals surface area contributed by atoms with E-state index in [1.165, 1.54) is 11.8 Å². The van der Waals surface area contributed by atoms with E-state index in [2.05, 4.69) is 32.2 Å². The number of nitrogens with one attached hydrogen (secondary N) is 1. The summed E-state index contributed by atoms with van der Waals surface area (Å²) in [5, 5.41) is 32.9. The van der Waals surface area contributed by atoms with Gasteiger partial charge in [0.15, 0.2) is 0 Å². The Morgan fingerprint density at radius 3 is 2.30 bits per heavy atom. The van der Waals surface area contributed by atoms with E-state index in [0.29, 0.717) is 29.7 Å². The summed E-state index contributed by atoms with van der Waals surface area (Å²) < 4.78 is 6.13. The molecule has 0 aromatic heterocycles. The van der Waals surface area contributed by atoms with Gasteiger partial charge in [-0.25, -0.2) is 4.79 Å². The molecule has 1 atom stereocenters. The number of hydrogen-bond acceptors (Lipinski definition) is 7. The largest absolute Gasteiger partial charge is 0.511 e. The molecule has 1 unspecified atom stereocenters. The number of rotatable bonds is 8. The Balaban J connectivity index is 1.60. The van der Waals surface area contributed by atoms with Crippen LogP contribution in [0.3, 0.4) is 0 Å². The van der Waals surface area contributed by atoms with Crippen LogP contribution in [-0.4, -0.2) is 27.7 Å². The highest BCUT2D eigenvalue weighted by molar-refractivity contribution is 8.04. The number of aryl methyl sites for hydroxylation is 2. The molecule has 0 spiro atoms. The van der Waals surface area contributed by atoms with E-state index in [1.54, 1.807) is 36.4 Å². The number of anilines is 1. The zero-order valence-electron chi connectivity index (χ0n) is 25.4. The topological polar surface area (TPSA) is 120 Å². The number of ether oxygens (including phenoxy) is 1. The Hall–Kier alpha value is -4.22. The fraction of sp³-hybridized carbons (Fsp3) is 0.343. The first-order chi connectivity index (χ1) is 20.2. The molecule has 3 aromatic carbocycles.